The standard InChI is InChI=1S/C26H30N4O3/c1-18-10-11-25(31)30(28-18)17-26(32)29-12-6-8-22(16-29)23-15-20(13-19(2)27-23)14-21-7-4-5-9-24(21)33-3/h4-5,7,9-11,13,15,22H,6,8,12,14,16-17H2,1-3H3. The Bertz CT molecular complexity index is 1200. The van der Waals surface area contributed by atoms with Gasteiger partial charge in [-0.25, -0.2) is 4.68 Å². The van der Waals surface area contributed by atoms with Crippen molar-refractivity contribution in [3.63, 3.8) is 0 Å². The third-order valence-electron chi connectivity index (χ3n) is 6.10. The van der Waals surface area contributed by atoms with E-state index in [1.54, 1.807) is 13.2 Å². The lowest BCUT2D eigenvalue weighted by molar-refractivity contribution is -0.133. The minimum Gasteiger partial charge on any atom is -0.496 e. The van der Waals surface area contributed by atoms with Gasteiger partial charge in [-0.2, -0.15) is 5.10 Å². The largest absolute Gasteiger partial charge is 0.496 e. The molecule has 33 heavy (non-hydrogen) atoms. The van der Waals surface area contributed by atoms with Crippen molar-refractivity contribution >= 4 is 5.91 Å². The van der Waals surface area contributed by atoms with Gasteiger partial charge in [-0.15, -0.1) is 0 Å². The zero-order chi connectivity index (χ0) is 23.4. The van der Waals surface area contributed by atoms with Crippen LogP contribution in [0.4, 0.5) is 0 Å². The molecule has 0 saturated carbocycles. The molecular weight excluding hydrogens is 416 g/mol. The van der Waals surface area contributed by atoms with E-state index < -0.39 is 0 Å². The molecule has 0 radical (unpaired) electrons. The number of methoxy groups -OCH3 is 1. The molecule has 4 rings (SSSR count). The molecule has 172 valence electrons. The summed E-state index contributed by atoms with van der Waals surface area (Å²) < 4.78 is 6.76. The molecule has 1 amide bonds. The fourth-order valence-corrected chi connectivity index (χ4v) is 4.49. The first-order valence-corrected chi connectivity index (χ1v) is 11.3. The number of nitrogens with zero attached hydrogens (tertiary/aromatic N) is 4. The number of carbonyl (C=O) groups excluding carboxylic acids is 1. The van der Waals surface area contributed by atoms with Gasteiger partial charge in [0.1, 0.15) is 12.3 Å². The second-order valence-electron chi connectivity index (χ2n) is 8.68. The van der Waals surface area contributed by atoms with E-state index in [-0.39, 0.29) is 23.9 Å². The van der Waals surface area contributed by atoms with E-state index >= 15 is 0 Å². The molecule has 0 aliphatic carbocycles. The van der Waals surface area contributed by atoms with E-state index in [4.69, 9.17) is 9.72 Å². The molecule has 2 aromatic heterocycles. The van der Waals surface area contributed by atoms with Crippen molar-refractivity contribution in [1.82, 2.24) is 19.7 Å². The molecule has 1 atom stereocenters. The smallest absolute Gasteiger partial charge is 0.267 e. The average molecular weight is 447 g/mol. The van der Waals surface area contributed by atoms with Gasteiger partial charge in [0, 0.05) is 42.9 Å². The number of para-hydroxylation sites is 1. The molecular formula is C26H30N4O3. The van der Waals surface area contributed by atoms with Crippen LogP contribution in [0.15, 0.2) is 53.3 Å². The number of amides is 1. The molecule has 7 heteroatoms. The molecule has 3 aromatic rings. The Labute approximate surface area is 194 Å². The first-order chi connectivity index (χ1) is 15.9. The van der Waals surface area contributed by atoms with E-state index in [0.717, 1.165) is 42.0 Å². The van der Waals surface area contributed by atoms with Crippen LogP contribution in [0, 0.1) is 13.8 Å². The maximum absolute atomic E-state index is 12.9. The lowest BCUT2D eigenvalue weighted by Gasteiger charge is -2.33. The normalized spacial score (nSPS) is 16.0. The maximum Gasteiger partial charge on any atom is 0.267 e. The highest BCUT2D eigenvalue weighted by atomic mass is 16.5. The van der Waals surface area contributed by atoms with Crippen LogP contribution < -0.4 is 10.3 Å². The Morgan fingerprint density at radius 2 is 1.94 bits per heavy atom. The minimum atomic E-state index is -0.260. The van der Waals surface area contributed by atoms with Crippen LogP contribution in [-0.4, -0.2) is 45.8 Å². The second-order valence-corrected chi connectivity index (χ2v) is 8.68. The van der Waals surface area contributed by atoms with Gasteiger partial charge in [-0.3, -0.25) is 14.6 Å². The third-order valence-corrected chi connectivity index (χ3v) is 6.10. The molecule has 0 N–H and O–H groups in total. The zero-order valence-electron chi connectivity index (χ0n) is 19.5. The Kier molecular flexibility index (Phi) is 6.87. The lowest BCUT2D eigenvalue weighted by atomic mass is 9.92. The molecule has 1 aromatic carbocycles. The molecule has 1 aliphatic rings. The predicted molar refractivity (Wildman–Crippen MR) is 127 cm³/mol. The van der Waals surface area contributed by atoms with Crippen LogP contribution >= 0.6 is 0 Å². The van der Waals surface area contributed by atoms with Gasteiger partial charge in [-0.05, 0) is 62.1 Å². The summed E-state index contributed by atoms with van der Waals surface area (Å²) in [6, 6.07) is 15.4. The van der Waals surface area contributed by atoms with E-state index in [9.17, 15) is 9.59 Å². The van der Waals surface area contributed by atoms with Crippen molar-refractivity contribution in [2.45, 2.75) is 45.6 Å². The molecule has 1 fully saturated rings. The van der Waals surface area contributed by atoms with Crippen LogP contribution in [0.3, 0.4) is 0 Å². The Morgan fingerprint density at radius 3 is 2.76 bits per heavy atom. The highest BCUT2D eigenvalue weighted by molar-refractivity contribution is 5.76. The monoisotopic (exact) mass is 446 g/mol. The molecule has 1 saturated heterocycles. The average Bonchev–Trinajstić information content (AvgIpc) is 2.81. The summed E-state index contributed by atoms with van der Waals surface area (Å²) in [7, 11) is 1.69. The molecule has 7 nitrogen and oxygen atoms in total. The van der Waals surface area contributed by atoms with Gasteiger partial charge in [0.25, 0.3) is 5.56 Å². The summed E-state index contributed by atoms with van der Waals surface area (Å²) in [4.78, 5) is 31.7. The highest BCUT2D eigenvalue weighted by Crippen LogP contribution is 2.28. The van der Waals surface area contributed by atoms with Gasteiger partial charge in [0.05, 0.1) is 12.8 Å². The summed E-state index contributed by atoms with van der Waals surface area (Å²) in [5, 5.41) is 4.20. The van der Waals surface area contributed by atoms with Crippen molar-refractivity contribution in [1.29, 1.82) is 0 Å². The number of pyridine rings is 1. The fourth-order valence-electron chi connectivity index (χ4n) is 4.49. The second kappa shape index (κ2) is 9.98. The Balaban J connectivity index is 1.50. The van der Waals surface area contributed by atoms with Gasteiger partial charge in [0.15, 0.2) is 0 Å². The van der Waals surface area contributed by atoms with Crippen molar-refractivity contribution < 1.29 is 9.53 Å². The molecule has 1 unspecified atom stereocenters. The number of hydrogen-bond acceptors (Lipinski definition) is 5. The van der Waals surface area contributed by atoms with Crippen LogP contribution in [0.5, 0.6) is 5.75 Å². The molecule has 0 spiro atoms. The molecule has 1 aliphatic heterocycles. The van der Waals surface area contributed by atoms with E-state index in [1.807, 2.05) is 36.9 Å². The van der Waals surface area contributed by atoms with E-state index in [2.05, 4.69) is 23.3 Å². The van der Waals surface area contributed by atoms with Crippen molar-refractivity contribution in [2.24, 2.45) is 0 Å². The molecule has 0 bridgehead atoms. The first kappa shape index (κ1) is 22.7. The SMILES string of the molecule is COc1ccccc1Cc1cc(C)nc(C2CCCN(C(=O)Cn3nc(C)ccc3=O)C2)c1. The summed E-state index contributed by atoms with van der Waals surface area (Å²) in [6.07, 6.45) is 2.65. The van der Waals surface area contributed by atoms with Crippen LogP contribution in [0.25, 0.3) is 0 Å². The number of hydrogen-bond donors (Lipinski definition) is 0. The first-order valence-electron chi connectivity index (χ1n) is 11.3. The third kappa shape index (κ3) is 5.48. The fraction of sp³-hybridized carbons (Fsp3) is 0.385. The van der Waals surface area contributed by atoms with E-state index in [1.165, 1.54) is 16.3 Å². The number of likely N-dealkylation sites (tertiary alicyclic amines) is 1. The number of ether oxygens (including phenoxy) is 1. The minimum absolute atomic E-state index is 0.0342. The van der Waals surface area contributed by atoms with Crippen LogP contribution in [0.2, 0.25) is 0 Å². The summed E-state index contributed by atoms with van der Waals surface area (Å²) in [5.41, 5.74) is 4.75. The highest BCUT2D eigenvalue weighted by Gasteiger charge is 2.26. The molecule has 3 heterocycles. The van der Waals surface area contributed by atoms with E-state index in [0.29, 0.717) is 18.8 Å². The number of aryl methyl sites for hydroxylation is 2. The van der Waals surface area contributed by atoms with Gasteiger partial charge in [-0.1, -0.05) is 18.2 Å². The summed E-state index contributed by atoms with van der Waals surface area (Å²) >= 11 is 0. The van der Waals surface area contributed by atoms with Gasteiger partial charge in [0.2, 0.25) is 5.91 Å². The van der Waals surface area contributed by atoms with Crippen LogP contribution in [0.1, 0.15) is 47.0 Å². The number of aromatic nitrogens is 3. The van der Waals surface area contributed by atoms with Crippen molar-refractivity contribution in [2.75, 3.05) is 20.2 Å². The van der Waals surface area contributed by atoms with Crippen LogP contribution in [-0.2, 0) is 17.8 Å². The topological polar surface area (TPSA) is 77.3 Å². The van der Waals surface area contributed by atoms with Gasteiger partial charge >= 0.3 is 0 Å². The number of carbonyl (C=O) groups is 1. The summed E-state index contributed by atoms with van der Waals surface area (Å²) in [6.45, 7) is 5.08. The Hall–Kier alpha value is -3.48. The number of piperidine rings is 1. The van der Waals surface area contributed by atoms with Crippen molar-refractivity contribution in [3.05, 3.63) is 87.1 Å². The van der Waals surface area contributed by atoms with Gasteiger partial charge < -0.3 is 9.64 Å². The summed E-state index contributed by atoms with van der Waals surface area (Å²) in [5.74, 6) is 0.964. The zero-order valence-corrected chi connectivity index (χ0v) is 19.5. The quantitative estimate of drug-likeness (QED) is 0.581. The lowest BCUT2D eigenvalue weighted by Crippen LogP contribution is -2.42. The van der Waals surface area contributed by atoms with Crippen molar-refractivity contribution in [3.8, 4) is 5.75 Å². The maximum atomic E-state index is 12.9. The Morgan fingerprint density at radius 1 is 1.12 bits per heavy atom. The predicted octanol–water partition coefficient (Wildman–Crippen LogP) is 3.26. The number of rotatable bonds is 6. The number of benzene rings is 1.